The van der Waals surface area contributed by atoms with Gasteiger partial charge in [-0.2, -0.15) is 0 Å². The number of aromatic nitrogens is 1. The van der Waals surface area contributed by atoms with Crippen LogP contribution in [0.2, 0.25) is 0 Å². The second-order valence-electron chi connectivity index (χ2n) is 5.76. The van der Waals surface area contributed by atoms with E-state index in [4.69, 9.17) is 0 Å². The Bertz CT molecular complexity index is 1150. The fourth-order valence-electron chi connectivity index (χ4n) is 2.83. The standard InChI is InChI=1S/C21H15NO2S/c23-25(24,20-12-11-16-6-1-2-7-17(16)14-20)19-9-5-8-18(15-19)21-10-3-4-13-22-21/h1-15H. The summed E-state index contributed by atoms with van der Waals surface area (Å²) in [6.45, 7) is 0. The summed E-state index contributed by atoms with van der Waals surface area (Å²) in [5.41, 5.74) is 1.53. The smallest absolute Gasteiger partial charge is 0.206 e. The first kappa shape index (κ1) is 15.5. The van der Waals surface area contributed by atoms with Crippen molar-refractivity contribution in [3.05, 3.63) is 91.1 Å². The summed E-state index contributed by atoms with van der Waals surface area (Å²) in [5.74, 6) is 0. The molecule has 0 unspecified atom stereocenters. The summed E-state index contributed by atoms with van der Waals surface area (Å²) in [6.07, 6.45) is 1.69. The van der Waals surface area contributed by atoms with Crippen LogP contribution in [0.5, 0.6) is 0 Å². The van der Waals surface area contributed by atoms with Crippen LogP contribution >= 0.6 is 0 Å². The largest absolute Gasteiger partial charge is 0.256 e. The van der Waals surface area contributed by atoms with Gasteiger partial charge in [-0.15, -0.1) is 0 Å². The molecule has 122 valence electrons. The third-order valence-corrected chi connectivity index (χ3v) is 5.89. The summed E-state index contributed by atoms with van der Waals surface area (Å²) in [7, 11) is -3.59. The molecule has 4 aromatic rings. The summed E-state index contributed by atoms with van der Waals surface area (Å²) in [5, 5.41) is 1.92. The maximum atomic E-state index is 13.0. The van der Waals surface area contributed by atoms with Crippen molar-refractivity contribution in [3.8, 4) is 11.3 Å². The van der Waals surface area contributed by atoms with Crippen LogP contribution in [0.1, 0.15) is 0 Å². The topological polar surface area (TPSA) is 47.0 Å². The van der Waals surface area contributed by atoms with Crippen LogP contribution in [0.15, 0.2) is 101 Å². The molecule has 0 saturated carbocycles. The molecule has 1 aromatic heterocycles. The number of hydrogen-bond acceptors (Lipinski definition) is 3. The molecule has 0 bridgehead atoms. The van der Waals surface area contributed by atoms with Gasteiger partial charge < -0.3 is 0 Å². The molecule has 1 heterocycles. The van der Waals surface area contributed by atoms with Gasteiger partial charge in [0.2, 0.25) is 9.84 Å². The van der Waals surface area contributed by atoms with Crippen molar-refractivity contribution in [1.82, 2.24) is 4.98 Å². The number of hydrogen-bond donors (Lipinski definition) is 0. The molecule has 0 spiro atoms. The van der Waals surface area contributed by atoms with Gasteiger partial charge in [0, 0.05) is 11.8 Å². The van der Waals surface area contributed by atoms with Gasteiger partial charge in [0.25, 0.3) is 0 Å². The van der Waals surface area contributed by atoms with E-state index in [1.54, 1.807) is 36.5 Å². The minimum atomic E-state index is -3.59. The van der Waals surface area contributed by atoms with Crippen LogP contribution in [0.3, 0.4) is 0 Å². The van der Waals surface area contributed by atoms with Gasteiger partial charge in [0.05, 0.1) is 15.5 Å². The van der Waals surface area contributed by atoms with Crippen molar-refractivity contribution >= 4 is 20.6 Å². The van der Waals surface area contributed by atoms with E-state index in [1.807, 2.05) is 54.6 Å². The van der Waals surface area contributed by atoms with Crippen LogP contribution in [-0.2, 0) is 9.84 Å². The average molecular weight is 345 g/mol. The maximum absolute atomic E-state index is 13.0. The molecule has 0 amide bonds. The summed E-state index contributed by atoms with van der Waals surface area (Å²) < 4.78 is 26.1. The fourth-order valence-corrected chi connectivity index (χ4v) is 4.17. The summed E-state index contributed by atoms with van der Waals surface area (Å²) in [4.78, 5) is 4.86. The molecule has 0 saturated heterocycles. The van der Waals surface area contributed by atoms with Crippen LogP contribution in [0.4, 0.5) is 0 Å². The minimum Gasteiger partial charge on any atom is -0.256 e. The molecule has 3 nitrogen and oxygen atoms in total. The second kappa shape index (κ2) is 6.15. The highest BCUT2D eigenvalue weighted by Gasteiger charge is 2.18. The average Bonchev–Trinajstić information content (AvgIpc) is 2.68. The molecule has 4 rings (SSSR count). The van der Waals surface area contributed by atoms with E-state index in [2.05, 4.69) is 4.98 Å². The minimum absolute atomic E-state index is 0.269. The van der Waals surface area contributed by atoms with Crippen LogP contribution in [0.25, 0.3) is 22.0 Å². The van der Waals surface area contributed by atoms with Gasteiger partial charge >= 0.3 is 0 Å². The van der Waals surface area contributed by atoms with Gasteiger partial charge in [0.15, 0.2) is 0 Å². The van der Waals surface area contributed by atoms with Crippen molar-refractivity contribution in [1.29, 1.82) is 0 Å². The van der Waals surface area contributed by atoms with Crippen molar-refractivity contribution < 1.29 is 8.42 Å². The van der Waals surface area contributed by atoms with E-state index in [0.717, 1.165) is 22.0 Å². The molecule has 0 aliphatic carbocycles. The number of nitrogens with zero attached hydrogens (tertiary/aromatic N) is 1. The molecule has 0 aliphatic rings. The first-order valence-electron chi connectivity index (χ1n) is 7.90. The van der Waals surface area contributed by atoms with Gasteiger partial charge in [-0.3, -0.25) is 4.98 Å². The molecular weight excluding hydrogens is 330 g/mol. The van der Waals surface area contributed by atoms with Gasteiger partial charge in [-0.25, -0.2) is 8.42 Å². The molecule has 0 radical (unpaired) electrons. The monoisotopic (exact) mass is 345 g/mol. The molecular formula is C21H15NO2S. The van der Waals surface area contributed by atoms with Gasteiger partial charge in [-0.1, -0.05) is 48.5 Å². The molecule has 3 aromatic carbocycles. The van der Waals surface area contributed by atoms with Crippen molar-refractivity contribution in [2.75, 3.05) is 0 Å². The van der Waals surface area contributed by atoms with Crippen LogP contribution in [-0.4, -0.2) is 13.4 Å². The predicted molar refractivity (Wildman–Crippen MR) is 99.1 cm³/mol. The van der Waals surface area contributed by atoms with Crippen LogP contribution in [0, 0.1) is 0 Å². The molecule has 25 heavy (non-hydrogen) atoms. The lowest BCUT2D eigenvalue weighted by atomic mass is 10.1. The lowest BCUT2D eigenvalue weighted by Gasteiger charge is -2.08. The normalized spacial score (nSPS) is 11.5. The first-order chi connectivity index (χ1) is 12.1. The lowest BCUT2D eigenvalue weighted by molar-refractivity contribution is 0.596. The third-order valence-electron chi connectivity index (χ3n) is 4.14. The molecule has 0 N–H and O–H groups in total. The van der Waals surface area contributed by atoms with E-state index < -0.39 is 9.84 Å². The Kier molecular flexibility index (Phi) is 3.82. The quantitative estimate of drug-likeness (QED) is 0.539. The molecule has 4 heteroatoms. The van der Waals surface area contributed by atoms with Crippen molar-refractivity contribution in [2.45, 2.75) is 9.79 Å². The Morgan fingerprint density at radius 1 is 0.640 bits per heavy atom. The third kappa shape index (κ3) is 2.92. The lowest BCUT2D eigenvalue weighted by Crippen LogP contribution is -2.02. The van der Waals surface area contributed by atoms with E-state index in [-0.39, 0.29) is 4.90 Å². The Balaban J connectivity index is 1.82. The second-order valence-corrected chi connectivity index (χ2v) is 7.70. The summed E-state index contributed by atoms with van der Waals surface area (Å²) >= 11 is 0. The number of rotatable bonds is 3. The highest BCUT2D eigenvalue weighted by molar-refractivity contribution is 7.91. The van der Waals surface area contributed by atoms with E-state index in [0.29, 0.717) is 4.90 Å². The van der Waals surface area contributed by atoms with E-state index in [9.17, 15) is 8.42 Å². The zero-order valence-corrected chi connectivity index (χ0v) is 14.1. The van der Waals surface area contributed by atoms with Gasteiger partial charge in [0.1, 0.15) is 0 Å². The highest BCUT2D eigenvalue weighted by atomic mass is 32.2. The van der Waals surface area contributed by atoms with Crippen LogP contribution < -0.4 is 0 Å². The van der Waals surface area contributed by atoms with E-state index >= 15 is 0 Å². The molecule has 0 atom stereocenters. The SMILES string of the molecule is O=S(=O)(c1cccc(-c2ccccn2)c1)c1ccc2ccccc2c1. The number of fused-ring (bicyclic) bond motifs is 1. The Morgan fingerprint density at radius 2 is 1.40 bits per heavy atom. The van der Waals surface area contributed by atoms with Crippen molar-refractivity contribution in [2.24, 2.45) is 0 Å². The number of sulfone groups is 1. The Hall–Kier alpha value is -2.98. The zero-order valence-electron chi connectivity index (χ0n) is 13.3. The molecule has 0 fully saturated rings. The van der Waals surface area contributed by atoms with Crippen molar-refractivity contribution in [3.63, 3.8) is 0 Å². The number of benzene rings is 3. The predicted octanol–water partition coefficient (Wildman–Crippen LogP) is 4.73. The molecule has 0 aliphatic heterocycles. The maximum Gasteiger partial charge on any atom is 0.206 e. The highest BCUT2D eigenvalue weighted by Crippen LogP contribution is 2.27. The number of pyridine rings is 1. The fraction of sp³-hybridized carbons (Fsp3) is 0. The first-order valence-corrected chi connectivity index (χ1v) is 9.38. The Morgan fingerprint density at radius 3 is 2.20 bits per heavy atom. The summed E-state index contributed by atoms with van der Waals surface area (Å²) in [6, 6.07) is 25.4. The van der Waals surface area contributed by atoms with Gasteiger partial charge in [-0.05, 0) is 47.2 Å². The zero-order chi connectivity index (χ0) is 17.3. The Labute approximate surface area is 146 Å². The van der Waals surface area contributed by atoms with E-state index in [1.165, 1.54) is 0 Å².